The Bertz CT molecular complexity index is 737. The third kappa shape index (κ3) is 3.50. The van der Waals surface area contributed by atoms with Crippen molar-refractivity contribution in [1.29, 1.82) is 5.41 Å². The minimum atomic E-state index is -0.526. The zero-order chi connectivity index (χ0) is 15.6. The van der Waals surface area contributed by atoms with Gasteiger partial charge in [0.15, 0.2) is 0 Å². The van der Waals surface area contributed by atoms with Gasteiger partial charge in [-0.1, -0.05) is 33.6 Å². The summed E-state index contributed by atoms with van der Waals surface area (Å²) in [6, 6.07) is 8.99. The summed E-state index contributed by atoms with van der Waals surface area (Å²) in [5, 5.41) is 18.6. The fourth-order valence-corrected chi connectivity index (χ4v) is 2.42. The van der Waals surface area contributed by atoms with Gasteiger partial charge in [0.1, 0.15) is 17.3 Å². The van der Waals surface area contributed by atoms with Gasteiger partial charge < -0.3 is 10.5 Å². The van der Waals surface area contributed by atoms with E-state index in [2.05, 4.69) is 15.9 Å². The van der Waals surface area contributed by atoms with Crippen molar-refractivity contribution in [3.63, 3.8) is 0 Å². The number of nitro benzene ring substituents is 1. The molecule has 0 aliphatic carbocycles. The lowest BCUT2D eigenvalue weighted by molar-refractivity contribution is -0.385. The molecule has 0 atom stereocenters. The van der Waals surface area contributed by atoms with Gasteiger partial charge in [-0.2, -0.15) is 0 Å². The number of benzene rings is 2. The molecule has 108 valence electrons. The van der Waals surface area contributed by atoms with E-state index >= 15 is 0 Å². The smallest absolute Gasteiger partial charge is 0.274 e. The molecule has 0 aromatic heterocycles. The van der Waals surface area contributed by atoms with Gasteiger partial charge in [0.2, 0.25) is 0 Å². The third-order valence-electron chi connectivity index (χ3n) is 2.54. The van der Waals surface area contributed by atoms with Crippen molar-refractivity contribution < 1.29 is 9.66 Å². The second-order valence-electron chi connectivity index (χ2n) is 4.03. The largest absolute Gasteiger partial charge is 0.456 e. The first-order valence-electron chi connectivity index (χ1n) is 5.64. The second-order valence-corrected chi connectivity index (χ2v) is 5.35. The fraction of sp³-hybridized carbons (Fsp3) is 0. The predicted molar refractivity (Wildman–Crippen MR) is 83.3 cm³/mol. The van der Waals surface area contributed by atoms with Gasteiger partial charge in [-0.25, -0.2) is 0 Å². The topological polar surface area (TPSA) is 102 Å². The van der Waals surface area contributed by atoms with Gasteiger partial charge in [0, 0.05) is 10.5 Å². The zero-order valence-corrected chi connectivity index (χ0v) is 12.8. The lowest BCUT2D eigenvalue weighted by atomic mass is 10.2. The molecule has 0 radical (unpaired) electrons. The minimum absolute atomic E-state index is 0.120. The number of nitrogens with zero attached hydrogens (tertiary/aromatic N) is 1. The van der Waals surface area contributed by atoms with Crippen LogP contribution in [-0.2, 0) is 0 Å². The van der Waals surface area contributed by atoms with E-state index in [1.54, 1.807) is 24.3 Å². The van der Waals surface area contributed by atoms with Crippen molar-refractivity contribution >= 4 is 39.1 Å². The van der Waals surface area contributed by atoms with E-state index in [1.807, 2.05) is 0 Å². The highest BCUT2D eigenvalue weighted by molar-refractivity contribution is 9.10. The van der Waals surface area contributed by atoms with Crippen LogP contribution in [0.1, 0.15) is 5.56 Å². The standard InChI is InChI=1S/C13H9BrClN3O3/c14-7-4-8(18(19)20)6-9(5-7)21-11-3-1-2-10(15)12(11)13(16)17/h1-6H,(H3,16,17). The molecular weight excluding hydrogens is 362 g/mol. The molecule has 0 amide bonds. The van der Waals surface area contributed by atoms with Crippen molar-refractivity contribution in [2.45, 2.75) is 0 Å². The van der Waals surface area contributed by atoms with Gasteiger partial charge in [-0.3, -0.25) is 15.5 Å². The monoisotopic (exact) mass is 369 g/mol. The second kappa shape index (κ2) is 6.11. The SMILES string of the molecule is N=C(N)c1c(Cl)cccc1Oc1cc(Br)cc([N+](=O)[O-])c1. The Morgan fingerprint density at radius 1 is 1.38 bits per heavy atom. The van der Waals surface area contributed by atoms with E-state index in [0.29, 0.717) is 4.47 Å². The molecule has 0 spiro atoms. The summed E-state index contributed by atoms with van der Waals surface area (Å²) >= 11 is 9.16. The van der Waals surface area contributed by atoms with Crippen LogP contribution in [0.2, 0.25) is 5.02 Å². The van der Waals surface area contributed by atoms with Gasteiger partial charge in [-0.15, -0.1) is 0 Å². The van der Waals surface area contributed by atoms with E-state index in [9.17, 15) is 10.1 Å². The Morgan fingerprint density at radius 3 is 2.71 bits per heavy atom. The van der Waals surface area contributed by atoms with Gasteiger partial charge in [-0.05, 0) is 18.2 Å². The first kappa shape index (κ1) is 15.3. The Kier molecular flexibility index (Phi) is 4.44. The van der Waals surface area contributed by atoms with E-state index in [0.717, 1.165) is 0 Å². The number of nitro groups is 1. The summed E-state index contributed by atoms with van der Waals surface area (Å²) in [5.74, 6) is 0.239. The molecule has 2 aromatic carbocycles. The number of rotatable bonds is 4. The summed E-state index contributed by atoms with van der Waals surface area (Å²) in [7, 11) is 0. The van der Waals surface area contributed by atoms with Gasteiger partial charge in [0.25, 0.3) is 5.69 Å². The quantitative estimate of drug-likeness (QED) is 0.366. The van der Waals surface area contributed by atoms with Crippen LogP contribution in [0.5, 0.6) is 11.5 Å². The van der Waals surface area contributed by atoms with Gasteiger partial charge in [0.05, 0.1) is 21.6 Å². The fourth-order valence-electron chi connectivity index (χ4n) is 1.69. The third-order valence-corrected chi connectivity index (χ3v) is 3.31. The van der Waals surface area contributed by atoms with E-state index in [-0.39, 0.29) is 33.6 Å². The lowest BCUT2D eigenvalue weighted by Crippen LogP contribution is -2.13. The van der Waals surface area contributed by atoms with Crippen LogP contribution < -0.4 is 10.5 Å². The summed E-state index contributed by atoms with van der Waals surface area (Å²) in [5.41, 5.74) is 5.60. The molecule has 2 rings (SSSR count). The predicted octanol–water partition coefficient (Wildman–Crippen LogP) is 4.09. The molecule has 0 saturated carbocycles. The maximum absolute atomic E-state index is 10.8. The number of amidine groups is 1. The molecule has 0 aliphatic heterocycles. The number of nitrogens with one attached hydrogen (secondary N) is 1. The Balaban J connectivity index is 2.46. The molecule has 2 aromatic rings. The molecule has 0 heterocycles. The number of ether oxygens (including phenoxy) is 1. The molecule has 3 N–H and O–H groups in total. The summed E-state index contributed by atoms with van der Waals surface area (Å²) in [4.78, 5) is 10.3. The van der Waals surface area contributed by atoms with Crippen LogP contribution in [0.4, 0.5) is 5.69 Å². The van der Waals surface area contributed by atoms with Crippen molar-refractivity contribution in [2.75, 3.05) is 0 Å². The molecule has 0 unspecified atom stereocenters. The highest BCUT2D eigenvalue weighted by Crippen LogP contribution is 2.33. The molecule has 0 bridgehead atoms. The highest BCUT2D eigenvalue weighted by Gasteiger charge is 2.14. The zero-order valence-electron chi connectivity index (χ0n) is 10.5. The number of hydrogen-bond acceptors (Lipinski definition) is 4. The van der Waals surface area contributed by atoms with Crippen molar-refractivity contribution in [3.05, 3.63) is 61.6 Å². The number of halogens is 2. The number of hydrogen-bond donors (Lipinski definition) is 2. The van der Waals surface area contributed by atoms with Crippen LogP contribution in [0.25, 0.3) is 0 Å². The molecular formula is C13H9BrClN3O3. The van der Waals surface area contributed by atoms with Crippen LogP contribution in [0, 0.1) is 15.5 Å². The molecule has 0 fully saturated rings. The minimum Gasteiger partial charge on any atom is -0.456 e. The number of nitrogen functional groups attached to an aromatic ring is 1. The Hall–Kier alpha value is -2.12. The number of nitrogens with two attached hydrogens (primary N) is 1. The molecule has 0 aliphatic rings. The van der Waals surface area contributed by atoms with Crippen molar-refractivity contribution in [2.24, 2.45) is 5.73 Å². The van der Waals surface area contributed by atoms with Crippen LogP contribution in [0.15, 0.2) is 40.9 Å². The maximum Gasteiger partial charge on any atom is 0.274 e. The first-order valence-corrected chi connectivity index (χ1v) is 6.81. The van der Waals surface area contributed by atoms with E-state index in [4.69, 9.17) is 27.5 Å². The van der Waals surface area contributed by atoms with Crippen LogP contribution in [-0.4, -0.2) is 10.8 Å². The van der Waals surface area contributed by atoms with Crippen molar-refractivity contribution in [3.8, 4) is 11.5 Å². The lowest BCUT2D eigenvalue weighted by Gasteiger charge is -2.11. The Morgan fingerprint density at radius 2 is 2.10 bits per heavy atom. The average Bonchev–Trinajstić information content (AvgIpc) is 2.37. The normalized spacial score (nSPS) is 10.2. The van der Waals surface area contributed by atoms with Crippen molar-refractivity contribution in [1.82, 2.24) is 0 Å². The number of non-ortho nitro benzene ring substituents is 1. The average molecular weight is 371 g/mol. The first-order chi connectivity index (χ1) is 9.88. The highest BCUT2D eigenvalue weighted by atomic mass is 79.9. The summed E-state index contributed by atoms with van der Waals surface area (Å²) < 4.78 is 6.08. The molecule has 8 heteroatoms. The maximum atomic E-state index is 10.8. The van der Waals surface area contributed by atoms with Gasteiger partial charge >= 0.3 is 0 Å². The summed E-state index contributed by atoms with van der Waals surface area (Å²) in [6.45, 7) is 0. The van der Waals surface area contributed by atoms with Crippen LogP contribution >= 0.6 is 27.5 Å². The molecule has 21 heavy (non-hydrogen) atoms. The molecule has 6 nitrogen and oxygen atoms in total. The van der Waals surface area contributed by atoms with E-state index < -0.39 is 4.92 Å². The molecule has 0 saturated heterocycles. The van der Waals surface area contributed by atoms with E-state index in [1.165, 1.54) is 12.1 Å². The summed E-state index contributed by atoms with van der Waals surface area (Å²) in [6.07, 6.45) is 0. The van der Waals surface area contributed by atoms with Crippen LogP contribution in [0.3, 0.4) is 0 Å². The Labute approximate surface area is 133 Å².